The fraction of sp³-hybridized carbons (Fsp3) is 0.133. The lowest BCUT2D eigenvalue weighted by molar-refractivity contribution is 0.0601. The highest BCUT2D eigenvalue weighted by molar-refractivity contribution is 7.12. The minimum atomic E-state index is -0.306. The highest BCUT2D eigenvalue weighted by atomic mass is 32.1. The van der Waals surface area contributed by atoms with E-state index in [9.17, 15) is 4.79 Å². The molecule has 0 atom stereocenters. The Labute approximate surface area is 111 Å². The van der Waals surface area contributed by atoms with Gasteiger partial charge in [-0.15, -0.1) is 11.3 Å². The molecule has 92 valence electrons. The molecule has 2 rings (SSSR count). The zero-order valence-electron chi connectivity index (χ0n) is 10.3. The lowest BCUT2D eigenvalue weighted by atomic mass is 10.1. The third kappa shape index (κ3) is 3.08. The molecule has 0 aliphatic carbocycles. The van der Waals surface area contributed by atoms with Gasteiger partial charge in [0.25, 0.3) is 0 Å². The van der Waals surface area contributed by atoms with E-state index in [0.29, 0.717) is 5.56 Å². The second kappa shape index (κ2) is 5.65. The summed E-state index contributed by atoms with van der Waals surface area (Å²) in [5, 5.41) is 0. The molecule has 0 unspecified atom stereocenters. The van der Waals surface area contributed by atoms with Gasteiger partial charge in [-0.2, -0.15) is 0 Å². The van der Waals surface area contributed by atoms with Crippen LogP contribution in [0.5, 0.6) is 0 Å². The first-order chi connectivity index (χ1) is 8.69. The van der Waals surface area contributed by atoms with Crippen LogP contribution in [0, 0.1) is 6.92 Å². The smallest absolute Gasteiger partial charge is 0.337 e. The number of thiophene rings is 1. The molecule has 0 saturated carbocycles. The van der Waals surface area contributed by atoms with Crippen molar-refractivity contribution in [2.24, 2.45) is 0 Å². The van der Waals surface area contributed by atoms with Crippen LogP contribution in [-0.2, 0) is 4.74 Å². The number of carbonyl (C=O) groups is 1. The van der Waals surface area contributed by atoms with Crippen LogP contribution in [0.3, 0.4) is 0 Å². The van der Waals surface area contributed by atoms with Crippen LogP contribution in [0.4, 0.5) is 0 Å². The second-order valence-electron chi connectivity index (χ2n) is 3.90. The fourth-order valence-electron chi connectivity index (χ4n) is 1.57. The molecule has 3 heteroatoms. The lowest BCUT2D eigenvalue weighted by Gasteiger charge is -1.99. The zero-order chi connectivity index (χ0) is 13.0. The number of carbonyl (C=O) groups excluding carboxylic acids is 1. The van der Waals surface area contributed by atoms with E-state index in [0.717, 1.165) is 5.56 Å². The molecule has 0 bridgehead atoms. The van der Waals surface area contributed by atoms with Gasteiger partial charge in [0, 0.05) is 9.75 Å². The van der Waals surface area contributed by atoms with E-state index in [1.807, 2.05) is 18.2 Å². The summed E-state index contributed by atoms with van der Waals surface area (Å²) in [6.45, 7) is 2.09. The maximum Gasteiger partial charge on any atom is 0.337 e. The molecule has 0 N–H and O–H groups in total. The number of hydrogen-bond donors (Lipinski definition) is 0. The van der Waals surface area contributed by atoms with Gasteiger partial charge in [-0.3, -0.25) is 0 Å². The first-order valence-corrected chi connectivity index (χ1v) is 6.43. The summed E-state index contributed by atoms with van der Waals surface area (Å²) >= 11 is 1.76. The Balaban J connectivity index is 2.11. The van der Waals surface area contributed by atoms with Gasteiger partial charge < -0.3 is 4.74 Å². The van der Waals surface area contributed by atoms with Crippen molar-refractivity contribution in [3.63, 3.8) is 0 Å². The van der Waals surface area contributed by atoms with Crippen molar-refractivity contribution in [1.29, 1.82) is 0 Å². The van der Waals surface area contributed by atoms with Gasteiger partial charge in [0.2, 0.25) is 0 Å². The number of hydrogen-bond acceptors (Lipinski definition) is 3. The van der Waals surface area contributed by atoms with Gasteiger partial charge in [0.1, 0.15) is 0 Å². The Kier molecular flexibility index (Phi) is 3.95. The molecule has 0 radical (unpaired) electrons. The SMILES string of the molecule is COC(=O)c1ccc(/C=C/c2ccc(C)s2)cc1. The maximum absolute atomic E-state index is 11.3. The van der Waals surface area contributed by atoms with E-state index < -0.39 is 0 Å². The number of methoxy groups -OCH3 is 1. The largest absolute Gasteiger partial charge is 0.465 e. The molecule has 0 amide bonds. The Hall–Kier alpha value is -1.87. The third-order valence-corrected chi connectivity index (χ3v) is 3.50. The number of esters is 1. The van der Waals surface area contributed by atoms with Crippen LogP contribution in [-0.4, -0.2) is 13.1 Å². The molecule has 0 aliphatic rings. The van der Waals surface area contributed by atoms with Gasteiger partial charge in [-0.25, -0.2) is 4.79 Å². The van der Waals surface area contributed by atoms with E-state index in [1.165, 1.54) is 16.9 Å². The normalized spacial score (nSPS) is 10.8. The molecule has 0 aliphatic heterocycles. The molecule has 0 saturated heterocycles. The van der Waals surface area contributed by atoms with E-state index >= 15 is 0 Å². The summed E-state index contributed by atoms with van der Waals surface area (Å²) in [6, 6.07) is 11.5. The predicted octanol–water partition coefficient (Wildman–Crippen LogP) is 4.01. The monoisotopic (exact) mass is 258 g/mol. The van der Waals surface area contributed by atoms with Crippen molar-refractivity contribution in [1.82, 2.24) is 0 Å². The lowest BCUT2D eigenvalue weighted by Crippen LogP contribution is -2.00. The van der Waals surface area contributed by atoms with Crippen LogP contribution in [0.2, 0.25) is 0 Å². The summed E-state index contributed by atoms with van der Waals surface area (Å²) in [4.78, 5) is 13.8. The van der Waals surface area contributed by atoms with Gasteiger partial charge in [-0.1, -0.05) is 18.2 Å². The van der Waals surface area contributed by atoms with Crippen LogP contribution < -0.4 is 0 Å². The van der Waals surface area contributed by atoms with Crippen LogP contribution in [0.1, 0.15) is 25.7 Å². The molecule has 2 aromatic rings. The maximum atomic E-state index is 11.3. The van der Waals surface area contributed by atoms with Gasteiger partial charge >= 0.3 is 5.97 Å². The van der Waals surface area contributed by atoms with Crippen molar-refractivity contribution in [2.75, 3.05) is 7.11 Å². The molecule has 1 heterocycles. The van der Waals surface area contributed by atoms with Gasteiger partial charge in [0.15, 0.2) is 0 Å². The Morgan fingerprint density at radius 3 is 2.39 bits per heavy atom. The minimum Gasteiger partial charge on any atom is -0.465 e. The standard InChI is InChI=1S/C15H14O2S/c1-11-3-9-14(18-11)10-6-12-4-7-13(8-5-12)15(16)17-2/h3-10H,1-2H3/b10-6+. The molecule has 0 spiro atoms. The number of ether oxygens (including phenoxy) is 1. The van der Waals surface area contributed by atoms with Crippen molar-refractivity contribution in [2.45, 2.75) is 6.92 Å². The van der Waals surface area contributed by atoms with E-state index in [4.69, 9.17) is 0 Å². The molecule has 0 fully saturated rings. The molecule has 18 heavy (non-hydrogen) atoms. The highest BCUT2D eigenvalue weighted by Crippen LogP contribution is 2.18. The van der Waals surface area contributed by atoms with Crippen LogP contribution in [0.25, 0.3) is 12.2 Å². The second-order valence-corrected chi connectivity index (χ2v) is 5.21. The van der Waals surface area contributed by atoms with E-state index in [1.54, 1.807) is 23.5 Å². The summed E-state index contributed by atoms with van der Waals surface area (Å²) in [6.07, 6.45) is 4.11. The summed E-state index contributed by atoms with van der Waals surface area (Å²) in [7, 11) is 1.38. The Morgan fingerprint density at radius 1 is 1.11 bits per heavy atom. The average molecular weight is 258 g/mol. The molecule has 2 nitrogen and oxygen atoms in total. The number of rotatable bonds is 3. The fourth-order valence-corrected chi connectivity index (χ4v) is 2.35. The first kappa shape index (κ1) is 12.6. The predicted molar refractivity (Wildman–Crippen MR) is 75.8 cm³/mol. The van der Waals surface area contributed by atoms with E-state index in [2.05, 4.69) is 29.9 Å². The quantitative estimate of drug-likeness (QED) is 0.777. The van der Waals surface area contributed by atoms with Gasteiger partial charge in [-0.05, 0) is 42.8 Å². The molecular weight excluding hydrogens is 244 g/mol. The van der Waals surface area contributed by atoms with Crippen LogP contribution in [0.15, 0.2) is 36.4 Å². The van der Waals surface area contributed by atoms with Crippen LogP contribution >= 0.6 is 11.3 Å². The average Bonchev–Trinajstić information content (AvgIpc) is 2.82. The van der Waals surface area contributed by atoms with E-state index in [-0.39, 0.29) is 5.97 Å². The molecular formula is C15H14O2S. The Morgan fingerprint density at radius 2 is 1.83 bits per heavy atom. The highest BCUT2D eigenvalue weighted by Gasteiger charge is 2.02. The van der Waals surface area contributed by atoms with Gasteiger partial charge in [0.05, 0.1) is 12.7 Å². The third-order valence-electron chi connectivity index (χ3n) is 2.53. The summed E-state index contributed by atoms with van der Waals surface area (Å²) in [5.74, 6) is -0.306. The van der Waals surface area contributed by atoms with Crippen molar-refractivity contribution < 1.29 is 9.53 Å². The number of aryl methyl sites for hydroxylation is 1. The van der Waals surface area contributed by atoms with Crippen molar-refractivity contribution in [3.05, 3.63) is 57.3 Å². The molecule has 1 aromatic carbocycles. The Bertz CT molecular complexity index is 564. The topological polar surface area (TPSA) is 26.3 Å². The minimum absolute atomic E-state index is 0.306. The van der Waals surface area contributed by atoms with Crippen molar-refractivity contribution >= 4 is 29.5 Å². The number of benzene rings is 1. The molecule has 1 aromatic heterocycles. The first-order valence-electron chi connectivity index (χ1n) is 5.62. The summed E-state index contributed by atoms with van der Waals surface area (Å²) < 4.78 is 4.65. The summed E-state index contributed by atoms with van der Waals surface area (Å²) in [5.41, 5.74) is 1.63. The van der Waals surface area contributed by atoms with Crippen molar-refractivity contribution in [3.8, 4) is 0 Å². The zero-order valence-corrected chi connectivity index (χ0v) is 11.2.